The van der Waals surface area contributed by atoms with Crippen LogP contribution in [0.3, 0.4) is 0 Å². The number of anilines is 1. The molecule has 0 saturated carbocycles. The third kappa shape index (κ3) is 2.44. The van der Waals surface area contributed by atoms with E-state index in [1.165, 1.54) is 6.92 Å². The van der Waals surface area contributed by atoms with E-state index in [1.54, 1.807) is 0 Å². The highest BCUT2D eigenvalue weighted by Gasteiger charge is 2.23. The van der Waals surface area contributed by atoms with E-state index in [0.29, 0.717) is 24.1 Å². The zero-order valence-electron chi connectivity index (χ0n) is 9.43. The van der Waals surface area contributed by atoms with Gasteiger partial charge < -0.3 is 5.73 Å². The summed E-state index contributed by atoms with van der Waals surface area (Å²) in [6.07, 6.45) is 0.617. The number of hydrogen-bond acceptors (Lipinski definition) is 6. The number of carbonyl (C=O) groups excluding carboxylic acids is 1. The van der Waals surface area contributed by atoms with Crippen molar-refractivity contribution in [3.8, 4) is 0 Å². The number of rotatable bonds is 1. The van der Waals surface area contributed by atoms with E-state index < -0.39 is 9.84 Å². The van der Waals surface area contributed by atoms with Crippen molar-refractivity contribution in [2.45, 2.75) is 19.8 Å². The molecule has 6 nitrogen and oxygen atoms in total. The molecule has 0 bridgehead atoms. The Morgan fingerprint density at radius 3 is 2.53 bits per heavy atom. The minimum atomic E-state index is -3.05. The van der Waals surface area contributed by atoms with Gasteiger partial charge in [-0.15, -0.1) is 0 Å². The molecule has 0 spiro atoms. The number of carbonyl (C=O) groups is 1. The highest BCUT2D eigenvalue weighted by molar-refractivity contribution is 7.91. The lowest BCUT2D eigenvalue weighted by atomic mass is 10.1. The van der Waals surface area contributed by atoms with Crippen LogP contribution in [-0.4, -0.2) is 35.7 Å². The van der Waals surface area contributed by atoms with Crippen LogP contribution >= 0.6 is 0 Å². The van der Waals surface area contributed by atoms with Gasteiger partial charge in [-0.05, 0) is 6.42 Å². The van der Waals surface area contributed by atoms with Crippen LogP contribution in [0.25, 0.3) is 0 Å². The number of nitrogens with two attached hydrogens (primary N) is 1. The number of sulfone groups is 1. The summed E-state index contributed by atoms with van der Waals surface area (Å²) in [4.78, 5) is 19.2. The molecule has 2 heterocycles. The lowest BCUT2D eigenvalue weighted by molar-refractivity contribution is 0.100. The number of aromatic nitrogens is 2. The summed E-state index contributed by atoms with van der Waals surface area (Å²) in [5.41, 5.74) is 6.99. The average Bonchev–Trinajstić information content (AvgIpc) is 2.38. The van der Waals surface area contributed by atoms with Gasteiger partial charge in [0.05, 0.1) is 17.2 Å². The van der Waals surface area contributed by atoms with Crippen LogP contribution in [0, 0.1) is 0 Å². The molecule has 0 radical (unpaired) electrons. The number of nitrogen functional groups attached to an aromatic ring is 1. The molecule has 17 heavy (non-hydrogen) atoms. The van der Waals surface area contributed by atoms with Gasteiger partial charge in [-0.2, -0.15) is 0 Å². The molecular formula is C10H13N3O3S. The molecule has 2 N–H and O–H groups in total. The fraction of sp³-hybridized carbons (Fsp3) is 0.500. The molecular weight excluding hydrogens is 242 g/mol. The highest BCUT2D eigenvalue weighted by Crippen LogP contribution is 2.20. The molecule has 0 aromatic carbocycles. The number of ketones is 1. The molecule has 2 rings (SSSR count). The first-order valence-electron chi connectivity index (χ1n) is 5.26. The summed E-state index contributed by atoms with van der Waals surface area (Å²) in [5, 5.41) is 0. The Labute approximate surface area is 99.2 Å². The monoisotopic (exact) mass is 255 g/mol. The van der Waals surface area contributed by atoms with Gasteiger partial charge in [0.2, 0.25) is 0 Å². The predicted molar refractivity (Wildman–Crippen MR) is 62.5 cm³/mol. The van der Waals surface area contributed by atoms with Crippen molar-refractivity contribution in [2.24, 2.45) is 0 Å². The van der Waals surface area contributed by atoms with Gasteiger partial charge in [-0.25, -0.2) is 18.4 Å². The highest BCUT2D eigenvalue weighted by atomic mass is 32.2. The fourth-order valence-electron chi connectivity index (χ4n) is 1.80. The van der Waals surface area contributed by atoms with Crippen LogP contribution < -0.4 is 5.73 Å². The average molecular weight is 255 g/mol. The molecule has 0 amide bonds. The van der Waals surface area contributed by atoms with Gasteiger partial charge >= 0.3 is 0 Å². The Bertz CT molecular complexity index is 581. The third-order valence-electron chi connectivity index (χ3n) is 2.75. The van der Waals surface area contributed by atoms with E-state index in [1.807, 2.05) is 0 Å². The lowest BCUT2D eigenvalue weighted by Gasteiger charge is -2.07. The van der Waals surface area contributed by atoms with Crippen LogP contribution in [0.2, 0.25) is 0 Å². The van der Waals surface area contributed by atoms with Gasteiger partial charge in [0.1, 0.15) is 5.82 Å². The van der Waals surface area contributed by atoms with Crippen molar-refractivity contribution >= 4 is 21.4 Å². The molecule has 1 aromatic rings. The van der Waals surface area contributed by atoms with Gasteiger partial charge in [-0.3, -0.25) is 4.79 Å². The van der Waals surface area contributed by atoms with Crippen LogP contribution in [0.4, 0.5) is 5.82 Å². The molecule has 0 aliphatic carbocycles. The Hall–Kier alpha value is -1.50. The molecule has 1 aliphatic heterocycles. The van der Waals surface area contributed by atoms with Crippen LogP contribution in [-0.2, 0) is 22.7 Å². The number of fused-ring (bicyclic) bond motifs is 1. The van der Waals surface area contributed by atoms with Gasteiger partial charge in [0.15, 0.2) is 21.4 Å². The Balaban J connectivity index is 2.50. The van der Waals surface area contributed by atoms with E-state index in [2.05, 4.69) is 9.97 Å². The quantitative estimate of drug-likeness (QED) is 0.695. The zero-order chi connectivity index (χ0) is 12.6. The van der Waals surface area contributed by atoms with E-state index in [0.717, 1.165) is 0 Å². The molecule has 92 valence electrons. The van der Waals surface area contributed by atoms with Crippen LogP contribution in [0.15, 0.2) is 0 Å². The van der Waals surface area contributed by atoms with Crippen molar-refractivity contribution in [3.05, 3.63) is 17.1 Å². The van der Waals surface area contributed by atoms with Gasteiger partial charge in [0.25, 0.3) is 0 Å². The first-order valence-corrected chi connectivity index (χ1v) is 7.08. The summed E-state index contributed by atoms with van der Waals surface area (Å²) < 4.78 is 23.0. The zero-order valence-corrected chi connectivity index (χ0v) is 10.2. The number of Topliss-reactive ketones (excluding diaryl/α,β-unsaturated/α-hetero) is 1. The van der Waals surface area contributed by atoms with Gasteiger partial charge in [0, 0.05) is 18.9 Å². The maximum absolute atomic E-state index is 11.5. The minimum Gasteiger partial charge on any atom is -0.383 e. The molecule has 0 atom stereocenters. The van der Waals surface area contributed by atoms with Crippen LogP contribution in [0.1, 0.15) is 28.8 Å². The Morgan fingerprint density at radius 2 is 1.88 bits per heavy atom. The largest absolute Gasteiger partial charge is 0.383 e. The maximum Gasteiger partial charge on any atom is 0.197 e. The lowest BCUT2D eigenvalue weighted by Crippen LogP contribution is -2.11. The fourth-order valence-corrected chi connectivity index (χ4v) is 3.02. The Morgan fingerprint density at radius 1 is 1.24 bits per heavy atom. The molecule has 1 aliphatic rings. The first-order chi connectivity index (χ1) is 7.89. The van der Waals surface area contributed by atoms with E-state index in [4.69, 9.17) is 5.73 Å². The summed E-state index contributed by atoms with van der Waals surface area (Å²) >= 11 is 0. The van der Waals surface area contributed by atoms with Gasteiger partial charge in [-0.1, -0.05) is 0 Å². The molecule has 0 fully saturated rings. The summed E-state index contributed by atoms with van der Waals surface area (Å²) in [5.74, 6) is 0.116. The summed E-state index contributed by atoms with van der Waals surface area (Å²) in [6.45, 7) is 1.36. The molecule has 0 saturated heterocycles. The van der Waals surface area contributed by atoms with E-state index in [9.17, 15) is 13.2 Å². The topological polar surface area (TPSA) is 103 Å². The SMILES string of the molecule is CC(=O)c1nc(N)c2c(n1)CCS(=O)(=O)CC2. The van der Waals surface area contributed by atoms with E-state index in [-0.39, 0.29) is 28.9 Å². The first kappa shape index (κ1) is 12.0. The number of hydrogen-bond donors (Lipinski definition) is 1. The second-order valence-corrected chi connectivity index (χ2v) is 6.37. The van der Waals surface area contributed by atoms with Crippen LogP contribution in [0.5, 0.6) is 0 Å². The summed E-state index contributed by atoms with van der Waals surface area (Å²) in [6, 6.07) is 0. The van der Waals surface area contributed by atoms with Crippen molar-refractivity contribution < 1.29 is 13.2 Å². The second kappa shape index (κ2) is 4.06. The molecule has 0 unspecified atom stereocenters. The van der Waals surface area contributed by atoms with Crippen molar-refractivity contribution in [1.82, 2.24) is 9.97 Å². The Kier molecular flexibility index (Phi) is 2.86. The van der Waals surface area contributed by atoms with E-state index >= 15 is 0 Å². The second-order valence-electron chi connectivity index (χ2n) is 4.07. The minimum absolute atomic E-state index is 0.0494. The smallest absolute Gasteiger partial charge is 0.197 e. The number of nitrogens with zero attached hydrogens (tertiary/aromatic N) is 2. The molecule has 7 heteroatoms. The summed E-state index contributed by atoms with van der Waals surface area (Å²) in [7, 11) is -3.05. The number of aryl methyl sites for hydroxylation is 1. The van der Waals surface area contributed by atoms with Crippen molar-refractivity contribution in [3.63, 3.8) is 0 Å². The third-order valence-corrected chi connectivity index (χ3v) is 4.40. The van der Waals surface area contributed by atoms with Crippen molar-refractivity contribution in [2.75, 3.05) is 17.2 Å². The normalized spacial score (nSPS) is 18.2. The maximum atomic E-state index is 11.5. The van der Waals surface area contributed by atoms with Crippen molar-refractivity contribution in [1.29, 1.82) is 0 Å². The predicted octanol–water partition coefficient (Wildman–Crippen LogP) is -0.225. The molecule has 1 aromatic heterocycles. The standard InChI is InChI=1S/C10H13N3O3S/c1-6(14)10-12-8-3-5-17(15,16)4-2-7(8)9(11)13-10/h2-5H2,1H3,(H2,11,12,13).